The standard InChI is InChI=1S/C13H17N5O5S2/c1-17(2)6-5-14-10-4-3-9(7-15-10)18(25(21,22)23)12-11(13(19)20)16-8-24-12/h3-4,7-8H,5-6H2,1-2H3,(H,14,15)(H,19,20)(H,21,22,23). The van der Waals surface area contributed by atoms with Crippen molar-refractivity contribution in [1.29, 1.82) is 0 Å². The zero-order chi connectivity index (χ0) is 18.6. The molecule has 0 aliphatic heterocycles. The molecule has 0 aromatic carbocycles. The zero-order valence-corrected chi connectivity index (χ0v) is 15.1. The Morgan fingerprint density at radius 3 is 2.56 bits per heavy atom. The van der Waals surface area contributed by atoms with E-state index in [1.54, 1.807) is 0 Å². The van der Waals surface area contributed by atoms with Crippen molar-refractivity contribution in [2.75, 3.05) is 36.8 Å². The Morgan fingerprint density at radius 1 is 1.32 bits per heavy atom. The molecule has 136 valence electrons. The van der Waals surface area contributed by atoms with Crippen LogP contribution < -0.4 is 9.62 Å². The number of carbonyl (C=O) groups is 1. The summed E-state index contributed by atoms with van der Waals surface area (Å²) in [6.45, 7) is 1.42. The molecule has 0 saturated heterocycles. The van der Waals surface area contributed by atoms with Crippen molar-refractivity contribution in [1.82, 2.24) is 14.9 Å². The first-order chi connectivity index (χ1) is 11.7. The Morgan fingerprint density at radius 2 is 2.04 bits per heavy atom. The van der Waals surface area contributed by atoms with Crippen LogP contribution in [-0.4, -0.2) is 66.1 Å². The molecule has 0 radical (unpaired) electrons. The van der Waals surface area contributed by atoms with E-state index in [1.165, 1.54) is 23.8 Å². The lowest BCUT2D eigenvalue weighted by molar-refractivity contribution is 0.0692. The Hall–Kier alpha value is -2.28. The molecule has 0 aliphatic rings. The second kappa shape index (κ2) is 7.74. The Bertz CT molecular complexity index is 835. The normalized spacial score (nSPS) is 11.5. The molecule has 12 heteroatoms. The van der Waals surface area contributed by atoms with Gasteiger partial charge in [0.25, 0.3) is 0 Å². The molecule has 3 N–H and O–H groups in total. The Labute approximate surface area is 148 Å². The number of pyridine rings is 1. The number of aromatic carboxylic acids is 1. The van der Waals surface area contributed by atoms with Crippen LogP contribution in [0.4, 0.5) is 16.5 Å². The van der Waals surface area contributed by atoms with Crippen molar-refractivity contribution in [3.63, 3.8) is 0 Å². The molecule has 0 bridgehead atoms. The number of carboxylic acid groups (broad SMARTS) is 1. The fourth-order valence-electron chi connectivity index (χ4n) is 1.90. The minimum Gasteiger partial charge on any atom is -0.476 e. The number of likely N-dealkylation sites (N-methyl/N-ethyl adjacent to an activating group) is 1. The predicted molar refractivity (Wildman–Crippen MR) is 94.0 cm³/mol. The fourth-order valence-corrected chi connectivity index (χ4v) is 3.70. The van der Waals surface area contributed by atoms with Gasteiger partial charge in [-0.15, -0.1) is 11.3 Å². The maximum Gasteiger partial charge on any atom is 0.365 e. The van der Waals surface area contributed by atoms with E-state index < -0.39 is 22.0 Å². The molecule has 0 aliphatic carbocycles. The molecule has 10 nitrogen and oxygen atoms in total. The van der Waals surface area contributed by atoms with E-state index in [0.29, 0.717) is 16.7 Å². The topological polar surface area (TPSA) is 136 Å². The highest BCUT2D eigenvalue weighted by Gasteiger charge is 2.29. The summed E-state index contributed by atoms with van der Waals surface area (Å²) < 4.78 is 33.5. The average Bonchev–Trinajstić information content (AvgIpc) is 2.96. The second-order valence-electron chi connectivity index (χ2n) is 5.19. The molecule has 0 spiro atoms. The molecule has 25 heavy (non-hydrogen) atoms. The summed E-state index contributed by atoms with van der Waals surface area (Å²) in [4.78, 5) is 20.9. The van der Waals surface area contributed by atoms with E-state index in [0.717, 1.165) is 17.9 Å². The molecular weight excluding hydrogens is 370 g/mol. The van der Waals surface area contributed by atoms with Crippen molar-refractivity contribution in [2.45, 2.75) is 0 Å². The van der Waals surface area contributed by atoms with E-state index >= 15 is 0 Å². The van der Waals surface area contributed by atoms with Crippen molar-refractivity contribution in [3.05, 3.63) is 29.5 Å². The highest BCUT2D eigenvalue weighted by molar-refractivity contribution is 7.87. The molecule has 2 heterocycles. The third kappa shape index (κ3) is 4.85. The highest BCUT2D eigenvalue weighted by Crippen LogP contribution is 2.34. The van der Waals surface area contributed by atoms with Gasteiger partial charge in [-0.05, 0) is 26.2 Å². The van der Waals surface area contributed by atoms with Gasteiger partial charge in [-0.1, -0.05) is 0 Å². The van der Waals surface area contributed by atoms with Crippen LogP contribution in [0.1, 0.15) is 10.5 Å². The highest BCUT2D eigenvalue weighted by atomic mass is 32.2. The van der Waals surface area contributed by atoms with Crippen LogP contribution in [0, 0.1) is 0 Å². The number of anilines is 3. The first-order valence-corrected chi connectivity index (χ1v) is 9.27. The summed E-state index contributed by atoms with van der Waals surface area (Å²) in [7, 11) is -0.909. The molecule has 0 saturated carbocycles. The number of rotatable bonds is 8. The summed E-state index contributed by atoms with van der Waals surface area (Å²) in [5.41, 5.74) is 0.699. The molecule has 2 aromatic heterocycles. The van der Waals surface area contributed by atoms with Crippen LogP contribution in [-0.2, 0) is 10.3 Å². The van der Waals surface area contributed by atoms with Gasteiger partial charge in [-0.3, -0.25) is 4.55 Å². The zero-order valence-electron chi connectivity index (χ0n) is 13.4. The molecule has 0 amide bonds. The Kier molecular flexibility index (Phi) is 5.89. The smallest absolute Gasteiger partial charge is 0.365 e. The minimum atomic E-state index is -4.76. The summed E-state index contributed by atoms with van der Waals surface area (Å²) in [5, 5.41) is 11.9. The van der Waals surface area contributed by atoms with Crippen LogP contribution in [0.15, 0.2) is 23.8 Å². The fraction of sp³-hybridized carbons (Fsp3) is 0.308. The number of thiazole rings is 1. The van der Waals surface area contributed by atoms with Gasteiger partial charge in [0.2, 0.25) is 0 Å². The first kappa shape index (κ1) is 19.1. The largest absolute Gasteiger partial charge is 0.476 e. The minimum absolute atomic E-state index is 0.00703. The van der Waals surface area contributed by atoms with Gasteiger partial charge in [0, 0.05) is 13.1 Å². The van der Waals surface area contributed by atoms with Crippen molar-refractivity contribution in [3.8, 4) is 0 Å². The molecule has 2 rings (SSSR count). The van der Waals surface area contributed by atoms with Crippen LogP contribution in [0.2, 0.25) is 0 Å². The van der Waals surface area contributed by atoms with Crippen LogP contribution in [0.5, 0.6) is 0 Å². The average molecular weight is 387 g/mol. The van der Waals surface area contributed by atoms with Gasteiger partial charge < -0.3 is 15.3 Å². The summed E-state index contributed by atoms with van der Waals surface area (Å²) >= 11 is 0.775. The summed E-state index contributed by atoms with van der Waals surface area (Å²) in [6, 6.07) is 2.94. The predicted octanol–water partition coefficient (Wildman–Crippen LogP) is 1.15. The summed E-state index contributed by atoms with van der Waals surface area (Å²) in [5.74, 6) is -0.886. The Balaban J connectivity index is 2.31. The third-order valence-electron chi connectivity index (χ3n) is 3.01. The van der Waals surface area contributed by atoms with Gasteiger partial charge in [-0.25, -0.2) is 19.1 Å². The van der Waals surface area contributed by atoms with E-state index in [1.807, 2.05) is 19.0 Å². The lowest BCUT2D eigenvalue weighted by Crippen LogP contribution is -2.26. The number of hydrogen-bond donors (Lipinski definition) is 3. The number of hydrogen-bond acceptors (Lipinski definition) is 8. The first-order valence-electron chi connectivity index (χ1n) is 6.99. The number of carboxylic acids is 1. The number of aromatic nitrogens is 2. The van der Waals surface area contributed by atoms with Gasteiger partial charge in [-0.2, -0.15) is 8.42 Å². The van der Waals surface area contributed by atoms with Gasteiger partial charge in [0.15, 0.2) is 5.69 Å². The van der Waals surface area contributed by atoms with Crippen molar-refractivity contribution in [2.24, 2.45) is 0 Å². The molecule has 0 fully saturated rings. The van der Waals surface area contributed by atoms with Gasteiger partial charge in [0.1, 0.15) is 10.8 Å². The maximum absolute atomic E-state index is 11.8. The van der Waals surface area contributed by atoms with E-state index in [9.17, 15) is 17.8 Å². The summed E-state index contributed by atoms with van der Waals surface area (Å²) in [6.07, 6.45) is 1.22. The SMILES string of the molecule is CN(C)CCNc1ccc(N(c2scnc2C(=O)O)S(=O)(=O)O)cn1. The van der Waals surface area contributed by atoms with E-state index in [4.69, 9.17) is 5.11 Å². The monoisotopic (exact) mass is 387 g/mol. The van der Waals surface area contributed by atoms with E-state index in [2.05, 4.69) is 15.3 Å². The lowest BCUT2D eigenvalue weighted by Gasteiger charge is -2.19. The molecule has 0 atom stereocenters. The third-order valence-corrected chi connectivity index (χ3v) is 4.79. The second-order valence-corrected chi connectivity index (χ2v) is 7.28. The quantitative estimate of drug-likeness (QED) is 0.570. The molecule has 2 aromatic rings. The van der Waals surface area contributed by atoms with Crippen LogP contribution in [0.25, 0.3) is 0 Å². The number of nitrogens with one attached hydrogen (secondary N) is 1. The van der Waals surface area contributed by atoms with Crippen LogP contribution in [0.3, 0.4) is 0 Å². The van der Waals surface area contributed by atoms with Gasteiger partial charge >= 0.3 is 16.3 Å². The van der Waals surface area contributed by atoms with Crippen molar-refractivity contribution < 1.29 is 22.9 Å². The number of nitrogens with zero attached hydrogens (tertiary/aromatic N) is 4. The molecule has 0 unspecified atom stereocenters. The van der Waals surface area contributed by atoms with Gasteiger partial charge in [0.05, 0.1) is 17.4 Å². The van der Waals surface area contributed by atoms with Crippen molar-refractivity contribution >= 4 is 44.1 Å². The lowest BCUT2D eigenvalue weighted by atomic mass is 10.3. The maximum atomic E-state index is 11.8. The van der Waals surface area contributed by atoms with Crippen LogP contribution >= 0.6 is 11.3 Å². The molecular formula is C13H17N5O5S2. The van der Waals surface area contributed by atoms with E-state index in [-0.39, 0.29) is 10.7 Å².